The van der Waals surface area contributed by atoms with Crippen molar-refractivity contribution in [3.63, 3.8) is 0 Å². The number of hydrogen-bond donors (Lipinski definition) is 0. The van der Waals surface area contributed by atoms with E-state index in [2.05, 4.69) is 158 Å². The molecule has 1 atom stereocenters. The molecule has 1 nitrogen and oxygen atoms in total. The van der Waals surface area contributed by atoms with Gasteiger partial charge in [-0.1, -0.05) is 140 Å². The van der Waals surface area contributed by atoms with Crippen LogP contribution in [0.1, 0.15) is 22.3 Å². The Morgan fingerprint density at radius 3 is 1.76 bits per heavy atom. The van der Waals surface area contributed by atoms with E-state index >= 15 is 0 Å². The number of hydrogen-bond acceptors (Lipinski definition) is 1. The summed E-state index contributed by atoms with van der Waals surface area (Å²) < 4.78 is 6.43. The van der Waals surface area contributed by atoms with Crippen LogP contribution in [-0.4, -0.2) is 0 Å². The quantitative estimate of drug-likeness (QED) is 0.187. The van der Waals surface area contributed by atoms with Crippen LogP contribution in [0.5, 0.6) is 11.5 Å². The first kappa shape index (κ1) is 24.4. The summed E-state index contributed by atoms with van der Waals surface area (Å²) in [5.41, 5.74) is 15.1. The zero-order valence-electron chi connectivity index (χ0n) is 24.9. The summed E-state index contributed by atoms with van der Waals surface area (Å²) in [5.74, 6) is 1.83. The van der Waals surface area contributed by atoms with E-state index < -0.39 is 5.41 Å². The molecule has 0 fully saturated rings. The number of fused-ring (bicyclic) bond motifs is 11. The topological polar surface area (TPSA) is 9.23 Å². The molecule has 8 aromatic carbocycles. The highest BCUT2D eigenvalue weighted by atomic mass is 16.5. The van der Waals surface area contributed by atoms with Crippen molar-refractivity contribution in [2.75, 3.05) is 0 Å². The fourth-order valence-electron chi connectivity index (χ4n) is 8.93. The molecule has 2 aliphatic carbocycles. The summed E-state index contributed by atoms with van der Waals surface area (Å²) in [6, 6.07) is 58.3. The molecule has 1 heteroatoms. The molecule has 11 rings (SSSR count). The second-order valence-electron chi connectivity index (χ2n) is 12.8. The summed E-state index contributed by atoms with van der Waals surface area (Å²) in [6.45, 7) is 0. The lowest BCUT2D eigenvalue weighted by Gasteiger charge is -2.40. The molecule has 0 radical (unpaired) electrons. The van der Waals surface area contributed by atoms with Crippen LogP contribution < -0.4 is 4.74 Å². The minimum Gasteiger partial charge on any atom is -0.456 e. The van der Waals surface area contributed by atoms with Crippen molar-refractivity contribution in [3.8, 4) is 56.0 Å². The Morgan fingerprint density at radius 1 is 0.348 bits per heavy atom. The van der Waals surface area contributed by atoms with Crippen LogP contribution in [0.4, 0.5) is 0 Å². The zero-order valence-corrected chi connectivity index (χ0v) is 24.9. The highest BCUT2D eigenvalue weighted by molar-refractivity contribution is 6.11. The smallest absolute Gasteiger partial charge is 0.135 e. The molecule has 0 bridgehead atoms. The Balaban J connectivity index is 1.24. The Hall–Kier alpha value is -5.92. The Bertz CT molecular complexity index is 2620. The van der Waals surface area contributed by atoms with E-state index in [0.717, 1.165) is 17.1 Å². The van der Waals surface area contributed by atoms with Gasteiger partial charge < -0.3 is 4.74 Å². The molecule has 0 saturated heterocycles. The van der Waals surface area contributed by atoms with E-state index in [4.69, 9.17) is 4.74 Å². The Morgan fingerprint density at radius 2 is 0.935 bits per heavy atom. The molecular formula is C45H26O. The maximum Gasteiger partial charge on any atom is 0.135 e. The molecule has 0 aromatic heterocycles. The largest absolute Gasteiger partial charge is 0.456 e. The van der Waals surface area contributed by atoms with Crippen molar-refractivity contribution in [2.24, 2.45) is 0 Å². The van der Waals surface area contributed by atoms with Gasteiger partial charge in [-0.15, -0.1) is 0 Å². The summed E-state index contributed by atoms with van der Waals surface area (Å²) in [7, 11) is 0. The Kier molecular flexibility index (Phi) is 4.57. The van der Waals surface area contributed by atoms with Gasteiger partial charge in [-0.05, 0) is 90.0 Å². The van der Waals surface area contributed by atoms with E-state index in [1.54, 1.807) is 0 Å². The highest BCUT2D eigenvalue weighted by Crippen LogP contribution is 2.62. The number of rotatable bonds is 1. The van der Waals surface area contributed by atoms with Crippen molar-refractivity contribution in [1.29, 1.82) is 0 Å². The predicted molar refractivity (Wildman–Crippen MR) is 189 cm³/mol. The molecule has 1 aliphatic heterocycles. The van der Waals surface area contributed by atoms with Crippen LogP contribution in [0.2, 0.25) is 0 Å². The van der Waals surface area contributed by atoms with Crippen LogP contribution in [0.3, 0.4) is 0 Å². The van der Waals surface area contributed by atoms with E-state index in [0.29, 0.717) is 0 Å². The summed E-state index contributed by atoms with van der Waals surface area (Å²) >= 11 is 0. The van der Waals surface area contributed by atoms with E-state index in [9.17, 15) is 0 Å². The van der Waals surface area contributed by atoms with Crippen LogP contribution >= 0.6 is 0 Å². The fourth-order valence-corrected chi connectivity index (χ4v) is 8.93. The van der Waals surface area contributed by atoms with Gasteiger partial charge in [-0.25, -0.2) is 0 Å². The molecule has 8 aromatic rings. The van der Waals surface area contributed by atoms with Gasteiger partial charge in [0.25, 0.3) is 0 Å². The molecule has 3 aliphatic rings. The van der Waals surface area contributed by atoms with Gasteiger partial charge >= 0.3 is 0 Å². The monoisotopic (exact) mass is 582 g/mol. The molecule has 1 heterocycles. The maximum atomic E-state index is 6.43. The van der Waals surface area contributed by atoms with Crippen molar-refractivity contribution >= 4 is 21.5 Å². The number of ether oxygens (including phenoxy) is 1. The average molecular weight is 583 g/mol. The second kappa shape index (κ2) is 8.62. The second-order valence-corrected chi connectivity index (χ2v) is 12.8. The van der Waals surface area contributed by atoms with Gasteiger partial charge in [0.1, 0.15) is 11.5 Å². The summed E-state index contributed by atoms with van der Waals surface area (Å²) in [6.07, 6.45) is 0. The third-order valence-corrected chi connectivity index (χ3v) is 10.7. The summed E-state index contributed by atoms with van der Waals surface area (Å²) in [5, 5.41) is 5.03. The van der Waals surface area contributed by atoms with Crippen LogP contribution in [0, 0.1) is 0 Å². The molecule has 46 heavy (non-hydrogen) atoms. The number of para-hydroxylation sites is 1. The Labute approximate surface area is 267 Å². The normalized spacial score (nSPS) is 16.1. The van der Waals surface area contributed by atoms with Crippen LogP contribution in [0.15, 0.2) is 158 Å². The van der Waals surface area contributed by atoms with Crippen LogP contribution in [-0.2, 0) is 5.41 Å². The van der Waals surface area contributed by atoms with Crippen molar-refractivity contribution in [1.82, 2.24) is 0 Å². The summed E-state index contributed by atoms with van der Waals surface area (Å²) in [4.78, 5) is 0. The third kappa shape index (κ3) is 2.87. The van der Waals surface area contributed by atoms with Gasteiger partial charge in [0, 0.05) is 16.5 Å². The molecule has 0 saturated carbocycles. The van der Waals surface area contributed by atoms with E-state index in [-0.39, 0.29) is 0 Å². The van der Waals surface area contributed by atoms with Gasteiger partial charge in [-0.3, -0.25) is 0 Å². The van der Waals surface area contributed by atoms with Gasteiger partial charge in [0.15, 0.2) is 0 Å². The number of benzene rings is 8. The molecule has 1 unspecified atom stereocenters. The van der Waals surface area contributed by atoms with Gasteiger partial charge in [-0.2, -0.15) is 0 Å². The zero-order chi connectivity index (χ0) is 30.0. The molecule has 0 amide bonds. The molecular weight excluding hydrogens is 556 g/mol. The predicted octanol–water partition coefficient (Wildman–Crippen LogP) is 11.8. The van der Waals surface area contributed by atoms with E-state index in [1.165, 1.54) is 82.7 Å². The van der Waals surface area contributed by atoms with E-state index in [1.807, 2.05) is 0 Å². The highest BCUT2D eigenvalue weighted by Gasteiger charge is 2.50. The first-order valence-electron chi connectivity index (χ1n) is 16.0. The molecule has 1 spiro atoms. The lowest BCUT2D eigenvalue weighted by Crippen LogP contribution is -2.31. The SMILES string of the molecule is c1ccc2c(c1)Oc1cccc3ccc(-c4ccc5c(c4)-c4ccccc4C54c5ccccc5-c5cccc6cccc4c56)c-2c13. The molecule has 212 valence electrons. The van der Waals surface area contributed by atoms with Crippen LogP contribution in [0.25, 0.3) is 66.1 Å². The van der Waals surface area contributed by atoms with Crippen molar-refractivity contribution < 1.29 is 4.74 Å². The first-order valence-corrected chi connectivity index (χ1v) is 16.0. The first-order chi connectivity index (χ1) is 22.8. The lowest BCUT2D eigenvalue weighted by atomic mass is 9.61. The molecule has 0 N–H and O–H groups in total. The third-order valence-electron chi connectivity index (χ3n) is 10.7. The van der Waals surface area contributed by atoms with Crippen molar-refractivity contribution in [3.05, 3.63) is 180 Å². The standard InChI is InChI=1S/C45H26O/c1-4-17-36-31(13-1)33-16-7-10-27-11-8-19-39(42(27)33)45(36)37-18-5-2-14-32(37)35-26-29(23-25-38(35)45)30-24-22-28-12-9-21-41-43(28)44(30)34-15-3-6-20-40(34)46-41/h1-26H. The minimum absolute atomic E-state index is 0.403. The minimum atomic E-state index is -0.403. The van der Waals surface area contributed by atoms with Gasteiger partial charge in [0.05, 0.1) is 5.41 Å². The van der Waals surface area contributed by atoms with Crippen molar-refractivity contribution in [2.45, 2.75) is 5.41 Å². The lowest BCUT2D eigenvalue weighted by molar-refractivity contribution is 0.487. The average Bonchev–Trinajstić information content (AvgIpc) is 3.41. The maximum absolute atomic E-state index is 6.43. The van der Waals surface area contributed by atoms with Gasteiger partial charge in [0.2, 0.25) is 0 Å². The fraction of sp³-hybridized carbons (Fsp3) is 0.0222.